The fraction of sp³-hybridized carbons (Fsp3) is 0.167. The molecule has 0 aliphatic carbocycles. The number of carbonyl (C=O) groups is 1. The molecule has 0 atom stereocenters. The Balaban J connectivity index is 1.58. The summed E-state index contributed by atoms with van der Waals surface area (Å²) >= 11 is 10.2. The monoisotopic (exact) mass is 497 g/mol. The summed E-state index contributed by atoms with van der Waals surface area (Å²) in [4.78, 5) is 22.7. The zero-order valence-electron chi connectivity index (χ0n) is 14.9. The molecular formula is C18H13BrClN3O5S. The molecular weight excluding hydrogens is 486 g/mol. The van der Waals surface area contributed by atoms with Gasteiger partial charge >= 0.3 is 0 Å². The molecule has 1 heterocycles. The number of ether oxygens (including phenoxy) is 1. The molecule has 0 saturated heterocycles. The van der Waals surface area contributed by atoms with Crippen LogP contribution in [0.3, 0.4) is 0 Å². The van der Waals surface area contributed by atoms with Gasteiger partial charge in [0.1, 0.15) is 5.75 Å². The maximum Gasteiger partial charge on any atom is 0.277 e. The van der Waals surface area contributed by atoms with E-state index in [4.69, 9.17) is 20.8 Å². The number of halogens is 2. The third-order valence-corrected chi connectivity index (χ3v) is 5.47. The van der Waals surface area contributed by atoms with Crippen molar-refractivity contribution in [3.8, 4) is 5.75 Å². The van der Waals surface area contributed by atoms with Gasteiger partial charge in [0.05, 0.1) is 10.7 Å². The van der Waals surface area contributed by atoms with Crippen LogP contribution in [0.25, 0.3) is 0 Å². The van der Waals surface area contributed by atoms with E-state index in [-0.39, 0.29) is 40.5 Å². The van der Waals surface area contributed by atoms with Gasteiger partial charge in [0.25, 0.3) is 16.8 Å². The normalized spacial score (nSPS) is 10.7. The summed E-state index contributed by atoms with van der Waals surface area (Å²) in [6.07, 6.45) is 0. The minimum atomic E-state index is -0.553. The van der Waals surface area contributed by atoms with Gasteiger partial charge in [0, 0.05) is 27.2 Å². The predicted octanol–water partition coefficient (Wildman–Crippen LogP) is 5.26. The molecule has 0 aliphatic heterocycles. The number of ketones is 1. The van der Waals surface area contributed by atoms with Crippen LogP contribution in [0, 0.1) is 17.0 Å². The highest BCUT2D eigenvalue weighted by molar-refractivity contribution is 9.10. The first-order chi connectivity index (χ1) is 13.8. The maximum absolute atomic E-state index is 12.4. The van der Waals surface area contributed by atoms with Crippen LogP contribution in [0.15, 0.2) is 50.5 Å². The van der Waals surface area contributed by atoms with Gasteiger partial charge in [-0.15, -0.1) is 10.2 Å². The molecule has 0 amide bonds. The number of hydrogen-bond donors (Lipinski definition) is 0. The van der Waals surface area contributed by atoms with Crippen LogP contribution in [-0.4, -0.2) is 26.7 Å². The Labute approximate surface area is 182 Å². The summed E-state index contributed by atoms with van der Waals surface area (Å²) in [7, 11) is 0. The second-order valence-electron chi connectivity index (χ2n) is 5.79. The van der Waals surface area contributed by atoms with Crippen molar-refractivity contribution < 1.29 is 18.9 Å². The first kappa shape index (κ1) is 21.3. The van der Waals surface area contributed by atoms with E-state index >= 15 is 0 Å². The van der Waals surface area contributed by atoms with Crippen molar-refractivity contribution in [3.05, 3.63) is 73.0 Å². The number of aryl methyl sites for hydroxylation is 1. The number of hydrogen-bond acceptors (Lipinski definition) is 8. The molecule has 0 bridgehead atoms. The van der Waals surface area contributed by atoms with Crippen molar-refractivity contribution >= 4 is 50.8 Å². The van der Waals surface area contributed by atoms with Crippen molar-refractivity contribution in [2.45, 2.75) is 18.8 Å². The number of Topliss-reactive ketones (excluding diaryl/α,β-unsaturated/α-hetero) is 1. The Morgan fingerprint density at radius 2 is 2.10 bits per heavy atom. The molecule has 2 aromatic carbocycles. The van der Waals surface area contributed by atoms with Gasteiger partial charge in [-0.3, -0.25) is 14.9 Å². The van der Waals surface area contributed by atoms with E-state index in [9.17, 15) is 14.9 Å². The molecule has 11 heteroatoms. The van der Waals surface area contributed by atoms with Crippen LogP contribution in [0.2, 0.25) is 5.02 Å². The third-order valence-electron chi connectivity index (χ3n) is 3.72. The van der Waals surface area contributed by atoms with E-state index in [1.165, 1.54) is 18.2 Å². The molecule has 1 aromatic heterocycles. The van der Waals surface area contributed by atoms with Gasteiger partial charge in [-0.25, -0.2) is 0 Å². The second kappa shape index (κ2) is 9.38. The molecule has 8 nitrogen and oxygen atoms in total. The quantitative estimate of drug-likeness (QED) is 0.179. The number of nitro benzene ring substituents is 1. The third kappa shape index (κ3) is 5.55. The minimum Gasteiger partial charge on any atom is -0.484 e. The molecule has 150 valence electrons. The molecule has 0 spiro atoms. The lowest BCUT2D eigenvalue weighted by Crippen LogP contribution is -2.04. The summed E-state index contributed by atoms with van der Waals surface area (Å²) in [6.45, 7) is 1.94. The Morgan fingerprint density at radius 3 is 2.83 bits per heavy atom. The van der Waals surface area contributed by atoms with Gasteiger partial charge in [0.15, 0.2) is 12.4 Å². The fourth-order valence-corrected chi connectivity index (χ4v) is 3.67. The molecule has 3 rings (SSSR count). The van der Waals surface area contributed by atoms with Crippen molar-refractivity contribution in [1.82, 2.24) is 10.2 Å². The number of nitro groups is 1. The summed E-state index contributed by atoms with van der Waals surface area (Å²) in [5.41, 5.74) is 0.934. The van der Waals surface area contributed by atoms with Crippen molar-refractivity contribution in [1.29, 1.82) is 0 Å². The molecule has 0 unspecified atom stereocenters. The number of rotatable bonds is 8. The number of aromatic nitrogens is 2. The first-order valence-corrected chi connectivity index (χ1v) is 10.3. The van der Waals surface area contributed by atoms with Crippen LogP contribution in [0.1, 0.15) is 21.8 Å². The smallest absolute Gasteiger partial charge is 0.277 e. The van der Waals surface area contributed by atoms with Gasteiger partial charge < -0.3 is 9.15 Å². The Morgan fingerprint density at radius 1 is 1.31 bits per heavy atom. The number of benzene rings is 2. The summed E-state index contributed by atoms with van der Waals surface area (Å²) in [5.74, 6) is 0.579. The van der Waals surface area contributed by atoms with Crippen molar-refractivity contribution in [2.75, 3.05) is 5.75 Å². The highest BCUT2D eigenvalue weighted by Crippen LogP contribution is 2.26. The number of thioether (sulfide) groups is 1. The largest absolute Gasteiger partial charge is 0.484 e. The zero-order valence-corrected chi connectivity index (χ0v) is 18.1. The van der Waals surface area contributed by atoms with Gasteiger partial charge in [-0.1, -0.05) is 39.3 Å². The van der Waals surface area contributed by atoms with E-state index in [1.54, 1.807) is 18.2 Å². The highest BCUT2D eigenvalue weighted by atomic mass is 79.9. The standard InChI is InChI=1S/C18H13BrClN3O5S/c1-10-6-11(20)2-5-16(10)27-8-17-21-22-18(28-17)29-9-15(24)13-7-12(23(25)26)3-4-14(13)19/h2-7H,8-9H2,1H3. The fourth-order valence-electron chi connectivity index (χ4n) is 2.31. The zero-order chi connectivity index (χ0) is 21.0. The Bertz CT molecular complexity index is 1080. The van der Waals surface area contributed by atoms with Gasteiger partial charge in [-0.05, 0) is 36.8 Å². The molecule has 0 N–H and O–H groups in total. The van der Waals surface area contributed by atoms with Crippen LogP contribution >= 0.6 is 39.3 Å². The average Bonchev–Trinajstić information content (AvgIpc) is 3.13. The average molecular weight is 499 g/mol. The summed E-state index contributed by atoms with van der Waals surface area (Å²) in [6, 6.07) is 9.27. The number of carbonyl (C=O) groups excluding carboxylic acids is 1. The second-order valence-corrected chi connectivity index (χ2v) is 8.01. The Hall–Kier alpha value is -2.43. The lowest BCUT2D eigenvalue weighted by Gasteiger charge is -2.06. The van der Waals surface area contributed by atoms with Gasteiger partial charge in [0.2, 0.25) is 0 Å². The maximum atomic E-state index is 12.4. The first-order valence-electron chi connectivity index (χ1n) is 8.15. The van der Waals surface area contributed by atoms with Crippen molar-refractivity contribution in [2.24, 2.45) is 0 Å². The van der Waals surface area contributed by atoms with E-state index in [0.717, 1.165) is 17.3 Å². The van der Waals surface area contributed by atoms with E-state index in [0.29, 0.717) is 15.2 Å². The molecule has 29 heavy (non-hydrogen) atoms. The van der Waals surface area contributed by atoms with E-state index < -0.39 is 4.92 Å². The molecule has 0 radical (unpaired) electrons. The number of nitrogens with zero attached hydrogens (tertiary/aromatic N) is 3. The Kier molecular flexibility index (Phi) is 6.88. The molecule has 0 aliphatic rings. The van der Waals surface area contributed by atoms with Gasteiger partial charge in [-0.2, -0.15) is 0 Å². The summed E-state index contributed by atoms with van der Waals surface area (Å²) < 4.78 is 11.6. The van der Waals surface area contributed by atoms with Crippen LogP contribution < -0.4 is 4.74 Å². The lowest BCUT2D eigenvalue weighted by molar-refractivity contribution is -0.384. The predicted molar refractivity (Wildman–Crippen MR) is 111 cm³/mol. The van der Waals surface area contributed by atoms with Crippen molar-refractivity contribution in [3.63, 3.8) is 0 Å². The van der Waals surface area contributed by atoms with Crippen LogP contribution in [0.4, 0.5) is 5.69 Å². The van der Waals surface area contributed by atoms with E-state index in [2.05, 4.69) is 26.1 Å². The number of non-ortho nitro benzene ring substituents is 1. The van der Waals surface area contributed by atoms with Crippen LogP contribution in [0.5, 0.6) is 5.75 Å². The topological polar surface area (TPSA) is 108 Å². The minimum absolute atomic E-state index is 0.0153. The SMILES string of the molecule is Cc1cc(Cl)ccc1OCc1nnc(SCC(=O)c2cc([N+](=O)[O-])ccc2Br)o1. The molecule has 3 aromatic rings. The molecule has 0 fully saturated rings. The highest BCUT2D eigenvalue weighted by Gasteiger charge is 2.17. The summed E-state index contributed by atoms with van der Waals surface area (Å²) in [5, 5.41) is 19.5. The van der Waals surface area contributed by atoms with E-state index in [1.807, 2.05) is 6.92 Å². The molecule has 0 saturated carbocycles. The lowest BCUT2D eigenvalue weighted by atomic mass is 10.1. The van der Waals surface area contributed by atoms with Crippen LogP contribution in [-0.2, 0) is 6.61 Å².